The average Bonchev–Trinajstić information content (AvgIpc) is 3.34. The van der Waals surface area contributed by atoms with Gasteiger partial charge in [-0.25, -0.2) is 19.9 Å². The number of carbonyl (C=O) groups is 1. The molecule has 6 rings (SSSR count). The molecular weight excluding hydrogens is 493 g/mol. The fourth-order valence-corrected chi connectivity index (χ4v) is 5.47. The first kappa shape index (κ1) is 22.5. The van der Waals surface area contributed by atoms with Crippen molar-refractivity contribution in [3.63, 3.8) is 0 Å². The normalized spacial score (nSPS) is 27.9. The fourth-order valence-electron chi connectivity index (χ4n) is 5.14. The van der Waals surface area contributed by atoms with Crippen LogP contribution >= 0.6 is 23.2 Å². The van der Waals surface area contributed by atoms with Crippen molar-refractivity contribution < 1.29 is 19.0 Å². The summed E-state index contributed by atoms with van der Waals surface area (Å²) in [6.45, 7) is 3.43. The van der Waals surface area contributed by atoms with Crippen LogP contribution in [-0.2, 0) is 14.3 Å². The van der Waals surface area contributed by atoms with Crippen molar-refractivity contribution >= 4 is 51.2 Å². The first-order chi connectivity index (χ1) is 16.8. The molecule has 4 aromatic rings. The molecule has 0 radical (unpaired) electrons. The summed E-state index contributed by atoms with van der Waals surface area (Å²) < 4.78 is 20.3. The molecule has 0 amide bonds. The van der Waals surface area contributed by atoms with Crippen LogP contribution in [0.2, 0.25) is 10.3 Å². The van der Waals surface area contributed by atoms with E-state index in [2.05, 4.69) is 19.9 Å². The molecule has 2 fully saturated rings. The minimum atomic E-state index is -0.599. The van der Waals surface area contributed by atoms with Crippen molar-refractivity contribution in [2.24, 2.45) is 5.92 Å². The Labute approximate surface area is 210 Å². The number of rotatable bonds is 4. The van der Waals surface area contributed by atoms with Crippen molar-refractivity contribution in [3.8, 4) is 5.75 Å². The lowest BCUT2D eigenvalue weighted by Gasteiger charge is -2.46. The van der Waals surface area contributed by atoms with Crippen molar-refractivity contribution in [1.82, 2.24) is 24.5 Å². The topological polar surface area (TPSA) is 101 Å². The summed E-state index contributed by atoms with van der Waals surface area (Å²) in [7, 11) is 0. The van der Waals surface area contributed by atoms with Crippen LogP contribution in [0.3, 0.4) is 0 Å². The molecule has 4 heterocycles. The van der Waals surface area contributed by atoms with Gasteiger partial charge in [0.05, 0.1) is 17.4 Å². The van der Waals surface area contributed by atoms with E-state index in [0.717, 1.165) is 16.7 Å². The summed E-state index contributed by atoms with van der Waals surface area (Å²) in [5.74, 6) is 0.264. The molecule has 3 aromatic heterocycles. The minimum absolute atomic E-state index is 0.0536. The zero-order chi connectivity index (χ0) is 24.3. The molecule has 9 nitrogen and oxygen atoms in total. The average molecular weight is 514 g/mol. The summed E-state index contributed by atoms with van der Waals surface area (Å²) in [5, 5.41) is 1.68. The van der Waals surface area contributed by atoms with E-state index >= 15 is 0 Å². The number of aromatic nitrogens is 5. The molecule has 35 heavy (non-hydrogen) atoms. The van der Waals surface area contributed by atoms with Crippen LogP contribution in [-0.4, -0.2) is 48.3 Å². The maximum Gasteiger partial charge on any atom is 0.303 e. The smallest absolute Gasteiger partial charge is 0.303 e. The van der Waals surface area contributed by atoms with E-state index in [0.29, 0.717) is 29.2 Å². The summed E-state index contributed by atoms with van der Waals surface area (Å²) >= 11 is 12.2. The molecule has 3 atom stereocenters. The van der Waals surface area contributed by atoms with Gasteiger partial charge in [-0.2, -0.15) is 0 Å². The van der Waals surface area contributed by atoms with Crippen LogP contribution in [0.5, 0.6) is 5.75 Å². The third-order valence-corrected chi connectivity index (χ3v) is 7.42. The van der Waals surface area contributed by atoms with Gasteiger partial charge in [-0.15, -0.1) is 0 Å². The van der Waals surface area contributed by atoms with Gasteiger partial charge < -0.3 is 14.2 Å². The van der Waals surface area contributed by atoms with E-state index in [1.165, 1.54) is 13.3 Å². The highest BCUT2D eigenvalue weighted by Gasteiger charge is 2.62. The van der Waals surface area contributed by atoms with Gasteiger partial charge in [0.2, 0.25) is 0 Å². The van der Waals surface area contributed by atoms with Gasteiger partial charge >= 0.3 is 5.97 Å². The minimum Gasteiger partial charge on any atom is -0.490 e. The number of fused-ring (bicyclic) bond motifs is 2. The molecule has 2 aliphatic rings. The van der Waals surface area contributed by atoms with Crippen molar-refractivity contribution in [2.75, 3.05) is 0 Å². The van der Waals surface area contributed by atoms with Gasteiger partial charge in [-0.05, 0) is 24.3 Å². The molecule has 1 spiro atoms. The number of carbonyl (C=O) groups excluding carboxylic acids is 1. The van der Waals surface area contributed by atoms with E-state index in [1.54, 1.807) is 17.0 Å². The molecule has 0 N–H and O–H groups in total. The third-order valence-electron chi connectivity index (χ3n) is 6.93. The Morgan fingerprint density at radius 3 is 2.77 bits per heavy atom. The number of ether oxygens (including phenoxy) is 3. The van der Waals surface area contributed by atoms with Crippen LogP contribution < -0.4 is 4.74 Å². The third kappa shape index (κ3) is 3.78. The Morgan fingerprint density at radius 2 is 1.97 bits per heavy atom. The lowest BCUT2D eigenvalue weighted by atomic mass is 9.69. The second-order valence-corrected chi connectivity index (χ2v) is 9.81. The second-order valence-electron chi connectivity index (χ2n) is 9.06. The number of hydrogen-bond donors (Lipinski definition) is 0. The van der Waals surface area contributed by atoms with Crippen LogP contribution in [0.1, 0.15) is 32.9 Å². The first-order valence-corrected chi connectivity index (χ1v) is 12.0. The Kier molecular flexibility index (Phi) is 5.32. The molecule has 1 saturated heterocycles. The van der Waals surface area contributed by atoms with Gasteiger partial charge in [0.25, 0.3) is 0 Å². The Morgan fingerprint density at radius 1 is 1.17 bits per heavy atom. The molecule has 180 valence electrons. The van der Waals surface area contributed by atoms with Crippen molar-refractivity contribution in [3.05, 3.63) is 53.3 Å². The molecule has 0 unspecified atom stereocenters. The summed E-state index contributed by atoms with van der Waals surface area (Å²) in [4.78, 5) is 29.0. The summed E-state index contributed by atoms with van der Waals surface area (Å²) in [6, 6.07) is 9.46. The van der Waals surface area contributed by atoms with Crippen LogP contribution in [0, 0.1) is 5.92 Å². The highest BCUT2D eigenvalue weighted by atomic mass is 35.5. The predicted molar refractivity (Wildman–Crippen MR) is 128 cm³/mol. The molecular formula is C24H21Cl2N5O4. The zero-order valence-corrected chi connectivity index (χ0v) is 20.4. The van der Waals surface area contributed by atoms with Gasteiger partial charge in [-0.1, -0.05) is 30.1 Å². The molecule has 11 heteroatoms. The number of imidazole rings is 1. The number of pyridine rings is 1. The highest BCUT2D eigenvalue weighted by Crippen LogP contribution is 2.54. The lowest BCUT2D eigenvalue weighted by molar-refractivity contribution is -0.171. The molecule has 1 aliphatic carbocycles. The largest absolute Gasteiger partial charge is 0.490 e. The predicted octanol–water partition coefficient (Wildman–Crippen LogP) is 4.76. The number of nitrogens with zero attached hydrogens (tertiary/aromatic N) is 5. The summed E-state index contributed by atoms with van der Waals surface area (Å²) in [6.07, 6.45) is 3.08. The van der Waals surface area contributed by atoms with E-state index in [1.807, 2.05) is 31.2 Å². The standard InChI is InChI=1S/C24H21Cl2N5O4/c1-12-20(33-13(2)32)23(31-11-29-19-21(26)27-10-28-22(19)31)35-24(12)8-16(9-24)34-15-5-3-14-4-6-18(25)30-17(14)7-15/h3-7,10-12,16,20,23H,8-9H2,1-2H3/t12-,16?,20+,23+,24?/m0/s1. The van der Waals surface area contributed by atoms with Gasteiger partial charge in [0.1, 0.15) is 28.9 Å². The summed E-state index contributed by atoms with van der Waals surface area (Å²) in [5.41, 5.74) is 1.25. The van der Waals surface area contributed by atoms with Crippen LogP contribution in [0.15, 0.2) is 43.0 Å². The van der Waals surface area contributed by atoms with Crippen LogP contribution in [0.25, 0.3) is 22.1 Å². The van der Waals surface area contributed by atoms with E-state index in [9.17, 15) is 4.79 Å². The van der Waals surface area contributed by atoms with E-state index < -0.39 is 17.9 Å². The number of esters is 1. The molecule has 1 aliphatic heterocycles. The maximum atomic E-state index is 11.9. The fraction of sp³-hybridized carbons (Fsp3) is 0.375. The zero-order valence-electron chi connectivity index (χ0n) is 18.9. The lowest BCUT2D eigenvalue weighted by Crippen LogP contribution is -2.54. The molecule has 1 saturated carbocycles. The second kappa shape index (κ2) is 8.29. The maximum absolute atomic E-state index is 11.9. The Balaban J connectivity index is 1.24. The van der Waals surface area contributed by atoms with Gasteiger partial charge in [0.15, 0.2) is 23.1 Å². The SMILES string of the molecule is CC(=O)O[C@H]1[C@H](n2cnc3c(Cl)ncnc32)OC2(CC(Oc3ccc4ccc(Cl)nc4c3)C2)[C@H]1C. The highest BCUT2D eigenvalue weighted by molar-refractivity contribution is 6.33. The molecule has 1 aromatic carbocycles. The molecule has 0 bridgehead atoms. The van der Waals surface area contributed by atoms with Crippen molar-refractivity contribution in [2.45, 2.75) is 50.7 Å². The van der Waals surface area contributed by atoms with Crippen molar-refractivity contribution in [1.29, 1.82) is 0 Å². The first-order valence-electron chi connectivity index (χ1n) is 11.2. The van der Waals surface area contributed by atoms with Crippen LogP contribution in [0.4, 0.5) is 0 Å². The van der Waals surface area contributed by atoms with Gasteiger partial charge in [-0.3, -0.25) is 9.36 Å². The quantitative estimate of drug-likeness (QED) is 0.218. The van der Waals surface area contributed by atoms with E-state index in [4.69, 9.17) is 37.4 Å². The number of halogens is 2. The Bertz CT molecular complexity index is 1450. The monoisotopic (exact) mass is 513 g/mol. The number of hydrogen-bond acceptors (Lipinski definition) is 8. The number of benzene rings is 1. The van der Waals surface area contributed by atoms with E-state index in [-0.39, 0.29) is 23.1 Å². The van der Waals surface area contributed by atoms with Gasteiger partial charge in [0, 0.05) is 37.1 Å². The Hall–Kier alpha value is -3.01.